The topological polar surface area (TPSA) is 67.8 Å². The van der Waals surface area contributed by atoms with Gasteiger partial charge in [0, 0.05) is 35.7 Å². The Balaban J connectivity index is 1.97. The molecule has 0 aliphatic carbocycles. The molecule has 0 fully saturated rings. The van der Waals surface area contributed by atoms with Crippen molar-refractivity contribution in [3.8, 4) is 22.6 Å². The van der Waals surface area contributed by atoms with E-state index in [9.17, 15) is 9.18 Å². The molecule has 1 amide bonds. The molecule has 8 heteroatoms. The fraction of sp³-hybridized carbons (Fsp3) is 0.240. The summed E-state index contributed by atoms with van der Waals surface area (Å²) < 4.78 is 42.1. The van der Waals surface area contributed by atoms with Crippen molar-refractivity contribution in [3.63, 3.8) is 0 Å². The van der Waals surface area contributed by atoms with Gasteiger partial charge in [0.1, 0.15) is 24.3 Å². The number of carbonyl (C=O) groups is 1. The summed E-state index contributed by atoms with van der Waals surface area (Å²) in [6, 6.07) is 13.3. The molecule has 3 aromatic rings. The first-order valence-corrected chi connectivity index (χ1v) is 10.8. The second-order valence-electron chi connectivity index (χ2n) is 7.65. The van der Waals surface area contributed by atoms with Crippen LogP contribution in [0.15, 0.2) is 48.5 Å². The first-order valence-electron chi connectivity index (χ1n) is 10.4. The lowest BCUT2D eigenvalue weighted by molar-refractivity contribution is 0.0963. The highest BCUT2D eigenvalue weighted by Crippen LogP contribution is 2.53. The number of nitrogens with one attached hydrogen (secondary N) is 1. The molecule has 4 rings (SSSR count). The molecule has 0 saturated carbocycles. The summed E-state index contributed by atoms with van der Waals surface area (Å²) in [4.78, 5) is 12.6. The first-order chi connectivity index (χ1) is 15.9. The zero-order chi connectivity index (χ0) is 23.7. The number of rotatable bonds is 6. The Morgan fingerprint density at radius 1 is 1.18 bits per heavy atom. The number of carbonyl (C=O) groups excluding carboxylic acids is 1. The second kappa shape index (κ2) is 9.37. The minimum Gasteiger partial charge on any atom is -0.488 e. The van der Waals surface area contributed by atoms with E-state index in [-0.39, 0.29) is 52.3 Å². The molecule has 1 aliphatic rings. The maximum absolute atomic E-state index is 15.8. The third-order valence-electron chi connectivity index (χ3n) is 5.69. The van der Waals surface area contributed by atoms with Gasteiger partial charge in [-0.3, -0.25) is 4.79 Å². The predicted octanol–water partition coefficient (Wildman–Crippen LogP) is 5.25. The van der Waals surface area contributed by atoms with Crippen LogP contribution >= 0.6 is 11.6 Å². The standard InChI is InChI=1S/C25H22ClF2NO4/c1-13-19-18(33-24(13)14-6-4-3-5-7-14)12-16(27)22(26)21(19)20-15(25(31)29-2)8-9-17(23(20)28)32-11-10-30/h3-9,12-13,24,30H,10-11H2,1-2H3,(H,29,31)/t13-,24?/m0/s1. The smallest absolute Gasteiger partial charge is 0.251 e. The molecule has 0 spiro atoms. The van der Waals surface area contributed by atoms with Crippen LogP contribution in [0.25, 0.3) is 11.1 Å². The lowest BCUT2D eigenvalue weighted by atomic mass is 9.85. The van der Waals surface area contributed by atoms with E-state index in [1.54, 1.807) is 0 Å². The highest BCUT2D eigenvalue weighted by Gasteiger charge is 2.38. The molecule has 33 heavy (non-hydrogen) atoms. The fourth-order valence-corrected chi connectivity index (χ4v) is 4.44. The average Bonchev–Trinajstić information content (AvgIpc) is 3.15. The van der Waals surface area contributed by atoms with E-state index in [4.69, 9.17) is 26.2 Å². The van der Waals surface area contributed by atoms with Gasteiger partial charge in [0.2, 0.25) is 0 Å². The Morgan fingerprint density at radius 2 is 1.91 bits per heavy atom. The molecule has 5 nitrogen and oxygen atoms in total. The van der Waals surface area contributed by atoms with Crippen LogP contribution in [0.1, 0.15) is 40.4 Å². The summed E-state index contributed by atoms with van der Waals surface area (Å²) >= 11 is 6.41. The van der Waals surface area contributed by atoms with Crippen molar-refractivity contribution in [2.24, 2.45) is 0 Å². The van der Waals surface area contributed by atoms with Crippen LogP contribution in [0, 0.1) is 11.6 Å². The lowest BCUT2D eigenvalue weighted by Gasteiger charge is -2.19. The molecule has 0 saturated heterocycles. The van der Waals surface area contributed by atoms with Crippen molar-refractivity contribution in [3.05, 3.63) is 81.9 Å². The largest absolute Gasteiger partial charge is 0.488 e. The van der Waals surface area contributed by atoms with Crippen molar-refractivity contribution in [1.29, 1.82) is 0 Å². The van der Waals surface area contributed by atoms with Crippen LogP contribution in [0.3, 0.4) is 0 Å². The molecule has 3 aromatic carbocycles. The van der Waals surface area contributed by atoms with Gasteiger partial charge in [0.15, 0.2) is 11.6 Å². The van der Waals surface area contributed by atoms with Gasteiger partial charge in [-0.05, 0) is 17.7 Å². The third-order valence-corrected chi connectivity index (χ3v) is 6.06. The number of fused-ring (bicyclic) bond motifs is 1. The molecule has 1 aliphatic heterocycles. The highest BCUT2D eigenvalue weighted by atomic mass is 35.5. The molecule has 2 N–H and O–H groups in total. The fourth-order valence-electron chi connectivity index (χ4n) is 4.19. The molecule has 2 atom stereocenters. The maximum Gasteiger partial charge on any atom is 0.251 e. The second-order valence-corrected chi connectivity index (χ2v) is 8.03. The summed E-state index contributed by atoms with van der Waals surface area (Å²) in [5.74, 6) is -2.53. The van der Waals surface area contributed by atoms with Crippen LogP contribution in [0.5, 0.6) is 11.5 Å². The molecule has 0 bridgehead atoms. The normalized spacial score (nSPS) is 16.8. The molecule has 0 radical (unpaired) electrons. The summed E-state index contributed by atoms with van der Waals surface area (Å²) in [7, 11) is 1.41. The molecule has 0 aromatic heterocycles. The summed E-state index contributed by atoms with van der Waals surface area (Å²) in [5, 5.41) is 11.2. The monoisotopic (exact) mass is 473 g/mol. The van der Waals surface area contributed by atoms with Gasteiger partial charge in [-0.2, -0.15) is 0 Å². The Bertz CT molecular complexity index is 1200. The number of amides is 1. The third kappa shape index (κ3) is 4.03. The van der Waals surface area contributed by atoms with Gasteiger partial charge in [-0.25, -0.2) is 8.78 Å². The summed E-state index contributed by atoms with van der Waals surface area (Å²) in [6.45, 7) is 1.40. The van der Waals surface area contributed by atoms with Gasteiger partial charge in [-0.1, -0.05) is 48.9 Å². The number of aliphatic hydroxyl groups is 1. The predicted molar refractivity (Wildman–Crippen MR) is 121 cm³/mol. The molecular formula is C25H22ClF2NO4. The van der Waals surface area contributed by atoms with E-state index in [1.807, 2.05) is 37.3 Å². The van der Waals surface area contributed by atoms with Gasteiger partial charge in [0.05, 0.1) is 17.2 Å². The number of hydrogen-bond donors (Lipinski definition) is 2. The lowest BCUT2D eigenvalue weighted by Crippen LogP contribution is -2.20. The minimum atomic E-state index is -0.880. The minimum absolute atomic E-state index is 0.0311. The van der Waals surface area contributed by atoms with E-state index in [0.29, 0.717) is 5.56 Å². The van der Waals surface area contributed by atoms with Crippen LogP contribution < -0.4 is 14.8 Å². The Labute approximate surface area is 194 Å². The Morgan fingerprint density at radius 3 is 2.58 bits per heavy atom. The van der Waals surface area contributed by atoms with Crippen LogP contribution in [0.2, 0.25) is 5.02 Å². The van der Waals surface area contributed by atoms with Gasteiger partial charge in [0.25, 0.3) is 5.91 Å². The number of halogens is 3. The number of hydrogen-bond acceptors (Lipinski definition) is 4. The van der Waals surface area contributed by atoms with E-state index in [2.05, 4.69) is 5.32 Å². The van der Waals surface area contributed by atoms with Crippen molar-refractivity contribution in [1.82, 2.24) is 5.32 Å². The van der Waals surface area contributed by atoms with E-state index in [0.717, 1.165) is 5.56 Å². The summed E-state index contributed by atoms with van der Waals surface area (Å²) in [6.07, 6.45) is -0.446. The number of benzene rings is 3. The van der Waals surface area contributed by atoms with Crippen molar-refractivity contribution in [2.75, 3.05) is 20.3 Å². The summed E-state index contributed by atoms with van der Waals surface area (Å²) in [5.41, 5.74) is 1.20. The van der Waals surface area contributed by atoms with Crippen molar-refractivity contribution in [2.45, 2.75) is 18.9 Å². The highest BCUT2D eigenvalue weighted by molar-refractivity contribution is 6.34. The zero-order valence-corrected chi connectivity index (χ0v) is 18.7. The van der Waals surface area contributed by atoms with Gasteiger partial charge >= 0.3 is 0 Å². The SMILES string of the molecule is CNC(=O)c1ccc(OCCO)c(F)c1-c1c(Cl)c(F)cc2c1[C@H](C)C(c1ccccc1)O2. The molecule has 172 valence electrons. The zero-order valence-electron chi connectivity index (χ0n) is 18.0. The van der Waals surface area contributed by atoms with Crippen molar-refractivity contribution >= 4 is 17.5 Å². The quantitative estimate of drug-likeness (QED) is 0.513. The van der Waals surface area contributed by atoms with Crippen LogP contribution in [-0.4, -0.2) is 31.3 Å². The molecule has 1 heterocycles. The van der Waals surface area contributed by atoms with E-state index in [1.165, 1.54) is 25.2 Å². The maximum atomic E-state index is 15.8. The van der Waals surface area contributed by atoms with Crippen LogP contribution in [0.4, 0.5) is 8.78 Å². The average molecular weight is 474 g/mol. The van der Waals surface area contributed by atoms with Gasteiger partial charge < -0.3 is 19.9 Å². The van der Waals surface area contributed by atoms with Gasteiger partial charge in [-0.15, -0.1) is 0 Å². The van der Waals surface area contributed by atoms with Crippen LogP contribution in [-0.2, 0) is 0 Å². The van der Waals surface area contributed by atoms with E-state index >= 15 is 4.39 Å². The Hall–Kier alpha value is -3.16. The Kier molecular flexibility index (Phi) is 6.54. The number of aliphatic hydroxyl groups excluding tert-OH is 1. The van der Waals surface area contributed by atoms with E-state index < -0.39 is 23.6 Å². The molecular weight excluding hydrogens is 452 g/mol. The first kappa shape index (κ1) is 23.0. The number of ether oxygens (including phenoxy) is 2. The van der Waals surface area contributed by atoms with Crippen molar-refractivity contribution < 1.29 is 28.2 Å². The molecule has 1 unspecified atom stereocenters.